The van der Waals surface area contributed by atoms with Crippen LogP contribution in [0.15, 0.2) is 42.5 Å². The van der Waals surface area contributed by atoms with E-state index in [4.69, 9.17) is 0 Å². The molecule has 0 bridgehead atoms. The molecule has 2 heterocycles. The molecule has 0 atom stereocenters. The van der Waals surface area contributed by atoms with Gasteiger partial charge in [-0.3, -0.25) is 0 Å². The van der Waals surface area contributed by atoms with Gasteiger partial charge >= 0.3 is 9.06 Å². The van der Waals surface area contributed by atoms with Crippen molar-refractivity contribution >= 4 is 29.0 Å². The molecular formula is C17H17N5O4S2. The van der Waals surface area contributed by atoms with Crippen LogP contribution in [-0.4, -0.2) is 43.1 Å². The van der Waals surface area contributed by atoms with Gasteiger partial charge in [-0.25, -0.2) is 13.4 Å². The van der Waals surface area contributed by atoms with Crippen LogP contribution in [0.5, 0.6) is 0 Å². The van der Waals surface area contributed by atoms with E-state index in [0.29, 0.717) is 30.6 Å². The molecule has 28 heavy (non-hydrogen) atoms. The number of aryl methyl sites for hydroxylation is 1. The molecule has 11 heteroatoms. The Hall–Kier alpha value is -2.81. The Morgan fingerprint density at radius 2 is 1.68 bits per heavy atom. The maximum atomic E-state index is 11.6. The van der Waals surface area contributed by atoms with Crippen molar-refractivity contribution in [3.05, 3.63) is 53.9 Å². The second-order valence-corrected chi connectivity index (χ2v) is 11.6. The molecule has 1 aromatic carbocycles. The van der Waals surface area contributed by atoms with Gasteiger partial charge in [-0.2, -0.15) is 28.1 Å². The summed E-state index contributed by atoms with van der Waals surface area (Å²) in [5, 5.41) is 8.69. The average molecular weight is 419 g/mol. The van der Waals surface area contributed by atoms with Crippen molar-refractivity contribution in [3.8, 4) is 11.8 Å². The molecule has 1 N–H and O–H groups in total. The normalized spacial score (nSPS) is 11.9. The molecule has 3 aromatic rings. The first-order chi connectivity index (χ1) is 13.2. The molecule has 3 rings (SSSR count). The number of hydrogen-bond acceptors (Lipinski definition) is 7. The van der Waals surface area contributed by atoms with Crippen molar-refractivity contribution in [2.24, 2.45) is 0 Å². The molecule has 0 aliphatic rings. The Balaban J connectivity index is 1.60. The van der Waals surface area contributed by atoms with Gasteiger partial charge in [0.2, 0.25) is 0 Å². The summed E-state index contributed by atoms with van der Waals surface area (Å²) < 4.78 is 47.5. The van der Waals surface area contributed by atoms with Gasteiger partial charge in [0, 0.05) is 6.42 Å². The molecule has 0 aliphatic heterocycles. The maximum absolute atomic E-state index is 11.6. The van der Waals surface area contributed by atoms with Crippen LogP contribution in [0.2, 0.25) is 0 Å². The van der Waals surface area contributed by atoms with Crippen LogP contribution in [0.4, 0.5) is 0 Å². The third-order valence-corrected chi connectivity index (χ3v) is 7.66. The highest BCUT2D eigenvalue weighted by molar-refractivity contribution is 8.66. The number of benzene rings is 1. The van der Waals surface area contributed by atoms with E-state index >= 15 is 0 Å². The number of fused-ring (bicyclic) bond motifs is 1. The van der Waals surface area contributed by atoms with Crippen molar-refractivity contribution in [2.45, 2.75) is 19.5 Å². The first-order valence-corrected chi connectivity index (χ1v) is 12.1. The fourth-order valence-electron chi connectivity index (χ4n) is 2.23. The molecule has 0 unspecified atom stereocenters. The minimum Gasteiger partial charge on any atom is -0.243 e. The highest BCUT2D eigenvalue weighted by Gasteiger charge is 2.23. The van der Waals surface area contributed by atoms with Crippen LogP contribution in [-0.2, 0) is 31.0 Å². The van der Waals surface area contributed by atoms with E-state index in [2.05, 4.69) is 27.0 Å². The van der Waals surface area contributed by atoms with Crippen LogP contribution in [0.1, 0.15) is 17.8 Å². The summed E-state index contributed by atoms with van der Waals surface area (Å²) in [5.41, 5.74) is 2.46. The third kappa shape index (κ3) is 4.92. The molecule has 0 radical (unpaired) electrons. The molecule has 9 nitrogen and oxygen atoms in total. The standard InChI is InChI=1S/C17H17N5O4S2/c1-27(23,24)28(25,26)18-13-15-9-6-8-14(19-15)7-4-5-12-22-20-16-10-2-3-11-17(16)21-22/h2-3,6,8-11,18H,5,12-13H2,1H3. The number of hydrogen-bond donors (Lipinski definition) is 1. The largest absolute Gasteiger partial charge is 0.317 e. The van der Waals surface area contributed by atoms with Crippen molar-refractivity contribution in [1.29, 1.82) is 0 Å². The summed E-state index contributed by atoms with van der Waals surface area (Å²) in [4.78, 5) is 5.79. The second-order valence-electron chi connectivity index (χ2n) is 5.83. The maximum Gasteiger partial charge on any atom is 0.317 e. The summed E-state index contributed by atoms with van der Waals surface area (Å²) in [6.07, 6.45) is 1.13. The molecule has 146 valence electrons. The van der Waals surface area contributed by atoms with Gasteiger partial charge in [-0.15, -0.1) is 0 Å². The van der Waals surface area contributed by atoms with Crippen LogP contribution in [0, 0.1) is 11.8 Å². The summed E-state index contributed by atoms with van der Waals surface area (Å²) in [6, 6.07) is 12.5. The lowest BCUT2D eigenvalue weighted by Crippen LogP contribution is -2.30. The average Bonchev–Trinajstić information content (AvgIpc) is 3.06. The highest BCUT2D eigenvalue weighted by atomic mass is 33.2. The van der Waals surface area contributed by atoms with Gasteiger partial charge in [0.25, 0.3) is 8.87 Å². The van der Waals surface area contributed by atoms with Gasteiger partial charge in [-0.1, -0.05) is 24.1 Å². The van der Waals surface area contributed by atoms with Crippen molar-refractivity contribution in [2.75, 3.05) is 6.26 Å². The van der Waals surface area contributed by atoms with Crippen LogP contribution in [0.3, 0.4) is 0 Å². The van der Waals surface area contributed by atoms with E-state index in [1.165, 1.54) is 0 Å². The molecule has 0 amide bonds. The second kappa shape index (κ2) is 8.05. The monoisotopic (exact) mass is 419 g/mol. The Kier molecular flexibility index (Phi) is 5.73. The summed E-state index contributed by atoms with van der Waals surface area (Å²) in [6.45, 7) is 0.282. The number of nitrogens with one attached hydrogen (secondary N) is 1. The van der Waals surface area contributed by atoms with Crippen LogP contribution in [0.25, 0.3) is 11.0 Å². The van der Waals surface area contributed by atoms with E-state index in [9.17, 15) is 16.8 Å². The molecule has 0 saturated carbocycles. The van der Waals surface area contributed by atoms with Gasteiger partial charge in [0.05, 0.1) is 25.0 Å². The highest BCUT2D eigenvalue weighted by Crippen LogP contribution is 2.07. The van der Waals surface area contributed by atoms with E-state index in [0.717, 1.165) is 11.0 Å². The van der Waals surface area contributed by atoms with Gasteiger partial charge < -0.3 is 0 Å². The van der Waals surface area contributed by atoms with Crippen molar-refractivity contribution in [1.82, 2.24) is 24.7 Å². The first-order valence-electron chi connectivity index (χ1n) is 8.19. The fourth-order valence-corrected chi connectivity index (χ4v) is 3.59. The SMILES string of the molecule is CS(=O)(=O)S(=O)(=O)NCc1cccc(C#CCCn2nc3ccccc3n2)n1. The van der Waals surface area contributed by atoms with E-state index < -0.39 is 17.9 Å². The van der Waals surface area contributed by atoms with E-state index in [1.807, 2.05) is 29.0 Å². The minimum absolute atomic E-state index is 0.241. The molecule has 0 fully saturated rings. The van der Waals surface area contributed by atoms with E-state index in [-0.39, 0.29) is 6.54 Å². The summed E-state index contributed by atoms with van der Waals surface area (Å²) >= 11 is 0. The Morgan fingerprint density at radius 1 is 1.00 bits per heavy atom. The first kappa shape index (κ1) is 19.9. The molecular weight excluding hydrogens is 402 g/mol. The summed E-state index contributed by atoms with van der Waals surface area (Å²) in [7, 11) is -8.69. The lowest BCUT2D eigenvalue weighted by Gasteiger charge is -2.04. The number of rotatable bonds is 6. The van der Waals surface area contributed by atoms with Crippen molar-refractivity contribution in [3.63, 3.8) is 0 Å². The Labute approximate surface area is 162 Å². The van der Waals surface area contributed by atoms with Crippen LogP contribution >= 0.6 is 0 Å². The fraction of sp³-hybridized carbons (Fsp3) is 0.235. The predicted molar refractivity (Wildman–Crippen MR) is 104 cm³/mol. The minimum atomic E-state index is -4.44. The zero-order chi connectivity index (χ0) is 20.2. The molecule has 2 aromatic heterocycles. The zero-order valence-corrected chi connectivity index (χ0v) is 16.5. The lowest BCUT2D eigenvalue weighted by atomic mass is 10.3. The van der Waals surface area contributed by atoms with Gasteiger partial charge in [0.1, 0.15) is 16.7 Å². The lowest BCUT2D eigenvalue weighted by molar-refractivity contribution is 0.555. The van der Waals surface area contributed by atoms with Crippen molar-refractivity contribution < 1.29 is 16.8 Å². The van der Waals surface area contributed by atoms with E-state index in [1.54, 1.807) is 23.0 Å². The third-order valence-electron chi connectivity index (χ3n) is 3.62. The number of nitrogens with zero attached hydrogens (tertiary/aromatic N) is 4. The number of pyridine rings is 1. The Morgan fingerprint density at radius 3 is 2.32 bits per heavy atom. The quantitative estimate of drug-likeness (QED) is 0.459. The smallest absolute Gasteiger partial charge is 0.243 e. The molecule has 0 aliphatic carbocycles. The van der Waals surface area contributed by atoms with Crippen LogP contribution < -0.4 is 4.72 Å². The number of aromatic nitrogens is 4. The van der Waals surface area contributed by atoms with Gasteiger partial charge in [0.15, 0.2) is 0 Å². The molecule has 0 spiro atoms. The Bertz CT molecular complexity index is 1240. The van der Waals surface area contributed by atoms with Gasteiger partial charge in [-0.05, 0) is 30.2 Å². The summed E-state index contributed by atoms with van der Waals surface area (Å²) in [5.74, 6) is 5.86. The molecule has 0 saturated heterocycles. The zero-order valence-electron chi connectivity index (χ0n) is 14.9. The predicted octanol–water partition coefficient (Wildman–Crippen LogP) is 0.647. The topological polar surface area (TPSA) is 124 Å².